The molecule has 1 aliphatic heterocycles. The van der Waals surface area contributed by atoms with Crippen LogP contribution in [0.2, 0.25) is 0 Å². The van der Waals surface area contributed by atoms with Crippen molar-refractivity contribution in [2.45, 2.75) is 6.18 Å². The van der Waals surface area contributed by atoms with Crippen molar-refractivity contribution in [3.8, 4) is 11.1 Å². The van der Waals surface area contributed by atoms with Crippen LogP contribution in [-0.2, 0) is 6.18 Å². The third-order valence-electron chi connectivity index (χ3n) is 5.91. The lowest BCUT2D eigenvalue weighted by atomic mass is 9.98. The van der Waals surface area contributed by atoms with E-state index < -0.39 is 11.7 Å². The minimum Gasteiger partial charge on any atom is -0.338 e. The Morgan fingerprint density at radius 2 is 1.64 bits per heavy atom. The maximum atomic E-state index is 13.2. The number of hydrogen-bond acceptors (Lipinski definition) is 2. The van der Waals surface area contributed by atoms with Gasteiger partial charge in [-0.25, -0.2) is 0 Å². The van der Waals surface area contributed by atoms with Gasteiger partial charge in [0.2, 0.25) is 0 Å². The van der Waals surface area contributed by atoms with Crippen molar-refractivity contribution in [1.82, 2.24) is 9.80 Å². The lowest BCUT2D eigenvalue weighted by molar-refractivity contribution is -0.137. The molecule has 2 aromatic carbocycles. The van der Waals surface area contributed by atoms with E-state index in [-0.39, 0.29) is 11.5 Å². The summed E-state index contributed by atoms with van der Waals surface area (Å²) in [5, 5.41) is 0. The Hall–Kier alpha value is -2.34. The number of hydrogen-bond donors (Lipinski definition) is 0. The number of alkyl halides is 3. The Bertz CT molecular complexity index is 864. The summed E-state index contributed by atoms with van der Waals surface area (Å²) >= 11 is 0. The van der Waals surface area contributed by atoms with Crippen LogP contribution in [0.3, 0.4) is 0 Å². The molecule has 1 heterocycles. The number of nitrogens with zero attached hydrogens (tertiary/aromatic N) is 2. The predicted octanol–water partition coefficient (Wildman–Crippen LogP) is 4.25. The molecule has 1 saturated carbocycles. The monoisotopic (exact) mass is 388 g/mol. The highest BCUT2D eigenvalue weighted by Gasteiger charge is 2.56. The first kappa shape index (κ1) is 19.0. The van der Waals surface area contributed by atoms with Gasteiger partial charge in [-0.3, -0.25) is 4.79 Å². The van der Waals surface area contributed by atoms with Gasteiger partial charge in [-0.05, 0) is 61.2 Å². The van der Waals surface area contributed by atoms with Gasteiger partial charge in [-0.1, -0.05) is 30.3 Å². The highest BCUT2D eigenvalue weighted by Crippen LogP contribution is 2.52. The summed E-state index contributed by atoms with van der Waals surface area (Å²) in [5.74, 6) is 1.82. The second-order valence-electron chi connectivity index (χ2n) is 8.08. The van der Waals surface area contributed by atoms with Crippen LogP contribution in [0.25, 0.3) is 11.1 Å². The maximum absolute atomic E-state index is 13.2. The number of fused-ring (bicyclic) bond motifs is 1. The summed E-state index contributed by atoms with van der Waals surface area (Å²) in [6.07, 6.45) is -4.41. The number of benzene rings is 2. The summed E-state index contributed by atoms with van der Waals surface area (Å²) in [6, 6.07) is 12.0. The molecule has 1 aliphatic carbocycles. The Labute approximate surface area is 162 Å². The van der Waals surface area contributed by atoms with Gasteiger partial charge >= 0.3 is 6.18 Å². The van der Waals surface area contributed by atoms with Crippen LogP contribution in [-0.4, -0.2) is 49.4 Å². The van der Waals surface area contributed by atoms with Crippen LogP contribution < -0.4 is 0 Å². The van der Waals surface area contributed by atoms with Crippen LogP contribution in [0.4, 0.5) is 13.2 Å². The predicted molar refractivity (Wildman–Crippen MR) is 102 cm³/mol. The van der Waals surface area contributed by atoms with Crippen molar-refractivity contribution in [2.75, 3.05) is 33.7 Å². The smallest absolute Gasteiger partial charge is 0.338 e. The molecule has 0 bridgehead atoms. The number of piperidine rings is 1. The molecule has 0 radical (unpaired) electrons. The van der Waals surface area contributed by atoms with Gasteiger partial charge in [0.25, 0.3) is 5.91 Å². The van der Waals surface area contributed by atoms with Crippen LogP contribution >= 0.6 is 0 Å². The molecule has 3 nitrogen and oxygen atoms in total. The average molecular weight is 388 g/mol. The van der Waals surface area contributed by atoms with Crippen LogP contribution in [0.15, 0.2) is 48.5 Å². The average Bonchev–Trinajstić information content (AvgIpc) is 3.09. The minimum atomic E-state index is -4.41. The molecule has 0 N–H and O–H groups in total. The highest BCUT2D eigenvalue weighted by atomic mass is 19.4. The van der Waals surface area contributed by atoms with E-state index in [1.165, 1.54) is 12.1 Å². The lowest BCUT2D eigenvalue weighted by Gasteiger charge is -2.21. The molecule has 6 heteroatoms. The molecule has 1 saturated heterocycles. The van der Waals surface area contributed by atoms with E-state index in [4.69, 9.17) is 0 Å². The van der Waals surface area contributed by atoms with Gasteiger partial charge in [-0.15, -0.1) is 0 Å². The fourth-order valence-electron chi connectivity index (χ4n) is 4.46. The number of halogens is 3. The topological polar surface area (TPSA) is 23.6 Å². The highest BCUT2D eigenvalue weighted by molar-refractivity contribution is 5.95. The fraction of sp³-hybridized carbons (Fsp3) is 0.409. The Morgan fingerprint density at radius 1 is 1.04 bits per heavy atom. The molecule has 0 aromatic heterocycles. The van der Waals surface area contributed by atoms with Crippen molar-refractivity contribution in [3.63, 3.8) is 0 Å². The number of likely N-dealkylation sites (tertiary alicyclic amines) is 1. The van der Waals surface area contributed by atoms with Crippen LogP contribution in [0.5, 0.6) is 0 Å². The summed E-state index contributed by atoms with van der Waals surface area (Å²) in [4.78, 5) is 16.8. The SMILES string of the molecule is CN(C)CC1[C@H]2CN(C(=O)c3ccc(-c4ccccc4C(F)(F)F)cc3)C[C@@H]12. The zero-order chi connectivity index (χ0) is 20.1. The molecule has 2 aliphatic rings. The summed E-state index contributed by atoms with van der Waals surface area (Å²) < 4.78 is 39.7. The zero-order valence-electron chi connectivity index (χ0n) is 15.9. The van der Waals surface area contributed by atoms with Gasteiger partial charge in [0.05, 0.1) is 5.56 Å². The molecule has 1 unspecified atom stereocenters. The van der Waals surface area contributed by atoms with E-state index in [0.717, 1.165) is 25.7 Å². The Balaban J connectivity index is 1.46. The van der Waals surface area contributed by atoms with Crippen molar-refractivity contribution >= 4 is 5.91 Å². The van der Waals surface area contributed by atoms with Gasteiger partial charge < -0.3 is 9.80 Å². The second kappa shape index (κ2) is 6.92. The summed E-state index contributed by atoms with van der Waals surface area (Å²) in [6.45, 7) is 2.62. The fourth-order valence-corrected chi connectivity index (χ4v) is 4.46. The number of amides is 1. The van der Waals surface area contributed by atoms with E-state index in [1.54, 1.807) is 30.3 Å². The second-order valence-corrected chi connectivity index (χ2v) is 8.08. The molecule has 0 spiro atoms. The number of carbonyl (C=O) groups excluding carboxylic acids is 1. The minimum absolute atomic E-state index is 0.0357. The van der Waals surface area contributed by atoms with Gasteiger partial charge in [0, 0.05) is 25.2 Å². The van der Waals surface area contributed by atoms with Crippen LogP contribution in [0, 0.1) is 17.8 Å². The largest absolute Gasteiger partial charge is 0.417 e. The first-order valence-corrected chi connectivity index (χ1v) is 9.46. The quantitative estimate of drug-likeness (QED) is 0.782. The zero-order valence-corrected chi connectivity index (χ0v) is 15.9. The molecular formula is C22H23F3N2O. The summed E-state index contributed by atoms with van der Waals surface area (Å²) in [5.41, 5.74) is 0.446. The van der Waals surface area contributed by atoms with Crippen molar-refractivity contribution in [1.29, 1.82) is 0 Å². The van der Waals surface area contributed by atoms with Gasteiger partial charge in [-0.2, -0.15) is 13.2 Å². The van der Waals surface area contributed by atoms with E-state index in [2.05, 4.69) is 19.0 Å². The number of carbonyl (C=O) groups is 1. The maximum Gasteiger partial charge on any atom is 0.417 e. The summed E-state index contributed by atoms with van der Waals surface area (Å²) in [7, 11) is 4.13. The Kier molecular flexibility index (Phi) is 4.70. The molecule has 4 rings (SSSR count). The van der Waals surface area contributed by atoms with E-state index in [1.807, 2.05) is 4.90 Å². The normalized spacial score (nSPS) is 23.8. The first-order chi connectivity index (χ1) is 13.3. The van der Waals surface area contributed by atoms with Crippen molar-refractivity contribution < 1.29 is 18.0 Å². The van der Waals surface area contributed by atoms with Crippen molar-refractivity contribution in [3.05, 3.63) is 59.7 Å². The van der Waals surface area contributed by atoms with E-state index >= 15 is 0 Å². The molecule has 3 atom stereocenters. The Morgan fingerprint density at radius 3 is 2.21 bits per heavy atom. The van der Waals surface area contributed by atoms with Crippen molar-refractivity contribution in [2.24, 2.45) is 17.8 Å². The standard InChI is InChI=1S/C22H23F3N2O/c1-26(2)11-17-18-12-27(13-19(17)18)21(28)15-9-7-14(8-10-15)16-5-3-4-6-20(16)22(23,24)25/h3-10,17-19H,11-13H2,1-2H3/t17?,18-,19+. The van der Waals surface area contributed by atoms with E-state index in [0.29, 0.717) is 28.9 Å². The van der Waals surface area contributed by atoms with E-state index in [9.17, 15) is 18.0 Å². The molecule has 2 fully saturated rings. The van der Waals surface area contributed by atoms with Crippen LogP contribution in [0.1, 0.15) is 15.9 Å². The molecule has 1 amide bonds. The first-order valence-electron chi connectivity index (χ1n) is 9.46. The molecular weight excluding hydrogens is 365 g/mol. The molecule has 2 aromatic rings. The third kappa shape index (κ3) is 3.53. The van der Waals surface area contributed by atoms with Gasteiger partial charge in [0.15, 0.2) is 0 Å². The van der Waals surface area contributed by atoms with Gasteiger partial charge in [0.1, 0.15) is 0 Å². The third-order valence-corrected chi connectivity index (χ3v) is 5.91. The lowest BCUT2D eigenvalue weighted by Crippen LogP contribution is -2.33. The molecule has 148 valence electrons. The molecule has 28 heavy (non-hydrogen) atoms. The number of rotatable bonds is 4.